The number of benzene rings is 2. The molecule has 0 bridgehead atoms. The van der Waals surface area contributed by atoms with E-state index in [0.717, 1.165) is 23.9 Å². The Labute approximate surface area is 179 Å². The first-order valence-corrected chi connectivity index (χ1v) is 10.2. The van der Waals surface area contributed by atoms with Gasteiger partial charge in [0.25, 0.3) is 5.56 Å². The third-order valence-electron chi connectivity index (χ3n) is 4.26. The second-order valence-corrected chi connectivity index (χ2v) is 7.40. The van der Waals surface area contributed by atoms with Crippen LogP contribution in [0.5, 0.6) is 5.88 Å². The molecule has 1 amide bonds. The van der Waals surface area contributed by atoms with E-state index in [-0.39, 0.29) is 33.8 Å². The number of carbonyl (C=O) groups is 1. The number of carbonyl (C=O) groups excluding carboxylic acids is 1. The number of amides is 1. The smallest absolute Gasteiger partial charge is 0.281 e. The molecule has 1 aromatic heterocycles. The topological polar surface area (TPSA) is 87.2 Å². The van der Waals surface area contributed by atoms with Gasteiger partial charge in [0.1, 0.15) is 18.2 Å². The number of hydrogen-bond acceptors (Lipinski definition) is 5. The molecule has 0 saturated carbocycles. The summed E-state index contributed by atoms with van der Waals surface area (Å²) in [5, 5.41) is -0.0807. The van der Waals surface area contributed by atoms with Crippen LogP contribution in [0.4, 0.5) is 8.78 Å². The Morgan fingerprint density at radius 3 is 2.63 bits per heavy atom. The first kappa shape index (κ1) is 21.8. The number of aromatic nitrogens is 2. The zero-order valence-electron chi connectivity index (χ0n) is 15.9. The number of thioether (sulfide) groups is 1. The van der Waals surface area contributed by atoms with Crippen LogP contribution >= 0.6 is 23.4 Å². The van der Waals surface area contributed by atoms with Gasteiger partial charge in [-0.2, -0.15) is 4.98 Å². The van der Waals surface area contributed by atoms with Crippen molar-refractivity contribution in [3.63, 3.8) is 0 Å². The van der Waals surface area contributed by atoms with Gasteiger partial charge in [-0.15, -0.1) is 0 Å². The summed E-state index contributed by atoms with van der Waals surface area (Å²) in [5.41, 5.74) is 6.10. The minimum absolute atomic E-state index is 0.0779. The fraction of sp³-hybridized carbons (Fsp3) is 0.150. The van der Waals surface area contributed by atoms with Crippen molar-refractivity contribution in [1.29, 1.82) is 0 Å². The molecule has 0 atom stereocenters. The molecule has 2 aromatic carbocycles. The molecular formula is C20H16ClF2N3O3S. The molecule has 0 aliphatic heterocycles. The van der Waals surface area contributed by atoms with Gasteiger partial charge >= 0.3 is 0 Å². The molecule has 0 fully saturated rings. The molecule has 0 unspecified atom stereocenters. The van der Waals surface area contributed by atoms with E-state index in [4.69, 9.17) is 22.1 Å². The normalized spacial score (nSPS) is 10.8. The third-order valence-corrected chi connectivity index (χ3v) is 5.23. The summed E-state index contributed by atoms with van der Waals surface area (Å²) in [6.45, 7) is 1.46. The first-order chi connectivity index (χ1) is 14.2. The van der Waals surface area contributed by atoms with E-state index in [1.165, 1.54) is 16.7 Å². The molecule has 1 heterocycles. The van der Waals surface area contributed by atoms with Gasteiger partial charge < -0.3 is 10.5 Å². The van der Waals surface area contributed by atoms with Gasteiger partial charge in [0, 0.05) is 17.2 Å². The summed E-state index contributed by atoms with van der Waals surface area (Å²) in [4.78, 5) is 28.8. The van der Waals surface area contributed by atoms with Crippen LogP contribution in [0, 0.1) is 18.6 Å². The summed E-state index contributed by atoms with van der Waals surface area (Å²) >= 11 is 7.34. The maximum atomic E-state index is 13.8. The van der Waals surface area contributed by atoms with Gasteiger partial charge in [-0.1, -0.05) is 29.4 Å². The number of hydrogen-bond donors (Lipinski definition) is 1. The maximum Gasteiger partial charge on any atom is 0.281 e. The van der Waals surface area contributed by atoms with E-state index < -0.39 is 23.1 Å². The van der Waals surface area contributed by atoms with Crippen molar-refractivity contribution in [1.82, 2.24) is 9.55 Å². The lowest BCUT2D eigenvalue weighted by molar-refractivity contribution is 0.1000. The summed E-state index contributed by atoms with van der Waals surface area (Å²) in [6.07, 6.45) is 1.70. The standard InChI is InChI=1S/C20H16ClF2N3O3S/c1-10-3-4-11(17(24)27)7-15(10)26-19(28)16(21)18(25-20(26)30-2)29-9-12-5-6-13(22)8-14(12)23/h3-8H,9H2,1-2H3,(H2,24,27). The Morgan fingerprint density at radius 1 is 1.27 bits per heavy atom. The molecule has 0 saturated heterocycles. The number of rotatable bonds is 6. The molecule has 6 nitrogen and oxygen atoms in total. The highest BCUT2D eigenvalue weighted by molar-refractivity contribution is 7.98. The van der Waals surface area contributed by atoms with Gasteiger partial charge in [-0.05, 0) is 43.0 Å². The van der Waals surface area contributed by atoms with Gasteiger partial charge in [-0.25, -0.2) is 8.78 Å². The molecule has 30 heavy (non-hydrogen) atoms. The van der Waals surface area contributed by atoms with Crippen LogP contribution in [0.1, 0.15) is 21.5 Å². The van der Waals surface area contributed by atoms with Gasteiger partial charge in [-0.3, -0.25) is 14.2 Å². The van der Waals surface area contributed by atoms with Crippen LogP contribution in [0.25, 0.3) is 5.69 Å². The second kappa shape index (κ2) is 8.85. The molecule has 10 heteroatoms. The van der Waals surface area contributed by atoms with Crippen molar-refractivity contribution >= 4 is 29.3 Å². The van der Waals surface area contributed by atoms with E-state index >= 15 is 0 Å². The lowest BCUT2D eigenvalue weighted by Gasteiger charge is -2.16. The van der Waals surface area contributed by atoms with Crippen molar-refractivity contribution < 1.29 is 18.3 Å². The molecule has 3 aromatic rings. The number of primary amides is 1. The second-order valence-electron chi connectivity index (χ2n) is 6.25. The Balaban J connectivity index is 2.05. The van der Waals surface area contributed by atoms with Crippen LogP contribution in [0.15, 0.2) is 46.3 Å². The predicted molar refractivity (Wildman–Crippen MR) is 111 cm³/mol. The zero-order valence-corrected chi connectivity index (χ0v) is 17.5. The fourth-order valence-corrected chi connectivity index (χ4v) is 3.42. The maximum absolute atomic E-state index is 13.8. The van der Waals surface area contributed by atoms with Crippen LogP contribution in [0.2, 0.25) is 5.02 Å². The fourth-order valence-electron chi connectivity index (χ4n) is 2.70. The number of aryl methyl sites for hydroxylation is 1. The van der Waals surface area contributed by atoms with Gasteiger partial charge in [0.15, 0.2) is 10.2 Å². The third kappa shape index (κ3) is 4.31. The molecule has 3 rings (SSSR count). The molecule has 0 aliphatic carbocycles. The average molecular weight is 452 g/mol. The Hall–Kier alpha value is -2.91. The van der Waals surface area contributed by atoms with Crippen molar-refractivity contribution in [3.05, 3.63) is 80.1 Å². The summed E-state index contributed by atoms with van der Waals surface area (Å²) < 4.78 is 33.6. The number of ether oxygens (including phenoxy) is 1. The Kier molecular flexibility index (Phi) is 6.42. The largest absolute Gasteiger partial charge is 0.471 e. The number of halogens is 3. The average Bonchev–Trinajstić information content (AvgIpc) is 2.70. The predicted octanol–water partition coefficient (Wildman–Crippen LogP) is 3.87. The van der Waals surface area contributed by atoms with E-state index in [2.05, 4.69) is 4.98 Å². The van der Waals surface area contributed by atoms with E-state index in [1.54, 1.807) is 25.3 Å². The molecule has 0 radical (unpaired) electrons. The van der Waals surface area contributed by atoms with E-state index in [9.17, 15) is 18.4 Å². The minimum atomic E-state index is -0.788. The minimum Gasteiger partial charge on any atom is -0.471 e. The van der Waals surface area contributed by atoms with Crippen molar-refractivity contribution in [2.75, 3.05) is 6.26 Å². The van der Waals surface area contributed by atoms with Crippen molar-refractivity contribution in [2.24, 2.45) is 5.73 Å². The molecular weight excluding hydrogens is 436 g/mol. The van der Waals surface area contributed by atoms with E-state index in [1.807, 2.05) is 0 Å². The Morgan fingerprint density at radius 2 is 2.00 bits per heavy atom. The summed E-state index contributed by atoms with van der Waals surface area (Å²) in [5.74, 6) is -2.33. The van der Waals surface area contributed by atoms with Crippen molar-refractivity contribution in [2.45, 2.75) is 18.7 Å². The van der Waals surface area contributed by atoms with Crippen LogP contribution in [-0.2, 0) is 6.61 Å². The highest BCUT2D eigenvalue weighted by atomic mass is 35.5. The molecule has 0 aliphatic rings. The van der Waals surface area contributed by atoms with Crippen molar-refractivity contribution in [3.8, 4) is 11.6 Å². The quantitative estimate of drug-likeness (QED) is 0.454. The lowest BCUT2D eigenvalue weighted by Crippen LogP contribution is -2.24. The van der Waals surface area contributed by atoms with Crippen LogP contribution in [0.3, 0.4) is 0 Å². The highest BCUT2D eigenvalue weighted by Crippen LogP contribution is 2.27. The highest BCUT2D eigenvalue weighted by Gasteiger charge is 2.20. The lowest BCUT2D eigenvalue weighted by atomic mass is 10.1. The molecule has 2 N–H and O–H groups in total. The summed E-state index contributed by atoms with van der Waals surface area (Å²) in [6, 6.07) is 7.74. The van der Waals surface area contributed by atoms with Crippen LogP contribution < -0.4 is 16.0 Å². The number of nitrogens with two attached hydrogens (primary N) is 1. The van der Waals surface area contributed by atoms with Gasteiger partial charge in [0.2, 0.25) is 11.8 Å². The monoisotopic (exact) mass is 451 g/mol. The first-order valence-electron chi connectivity index (χ1n) is 8.57. The molecule has 0 spiro atoms. The van der Waals surface area contributed by atoms with Crippen LogP contribution in [-0.4, -0.2) is 21.7 Å². The zero-order chi connectivity index (χ0) is 22.0. The SMILES string of the molecule is CSc1nc(OCc2ccc(F)cc2F)c(Cl)c(=O)n1-c1cc(C(N)=O)ccc1C. The van der Waals surface area contributed by atoms with Gasteiger partial charge in [0.05, 0.1) is 5.69 Å². The Bertz CT molecular complexity index is 1200. The summed E-state index contributed by atoms with van der Waals surface area (Å²) in [7, 11) is 0. The van der Waals surface area contributed by atoms with E-state index in [0.29, 0.717) is 11.3 Å². The number of nitrogens with zero attached hydrogens (tertiary/aromatic N) is 2. The molecule has 156 valence electrons.